The second-order valence-electron chi connectivity index (χ2n) is 9.32. The van der Waals surface area contributed by atoms with Crippen molar-refractivity contribution in [3.63, 3.8) is 0 Å². The van der Waals surface area contributed by atoms with Gasteiger partial charge in [0.2, 0.25) is 11.9 Å². The second kappa shape index (κ2) is 10.1. The lowest BCUT2D eigenvalue weighted by Crippen LogP contribution is -2.46. The van der Waals surface area contributed by atoms with Crippen LogP contribution in [0.4, 0.5) is 17.5 Å². The van der Waals surface area contributed by atoms with Crippen LogP contribution in [0, 0.1) is 0 Å². The Kier molecular flexibility index (Phi) is 6.76. The molecule has 36 heavy (non-hydrogen) atoms. The largest absolute Gasteiger partial charge is 0.381 e. The number of hydrogen-bond acceptors (Lipinski definition) is 11. The summed E-state index contributed by atoms with van der Waals surface area (Å²) < 4.78 is 7.27. The lowest BCUT2D eigenvalue weighted by atomic mass is 10.1. The van der Waals surface area contributed by atoms with Gasteiger partial charge in [0.15, 0.2) is 5.82 Å². The van der Waals surface area contributed by atoms with Gasteiger partial charge in [0, 0.05) is 51.5 Å². The van der Waals surface area contributed by atoms with Crippen molar-refractivity contribution in [1.29, 1.82) is 0 Å². The summed E-state index contributed by atoms with van der Waals surface area (Å²) in [6.07, 6.45) is 9.09. The first-order chi connectivity index (χ1) is 17.3. The Bertz CT molecular complexity index is 1180. The summed E-state index contributed by atoms with van der Waals surface area (Å²) in [4.78, 5) is 23.9. The summed E-state index contributed by atoms with van der Waals surface area (Å²) in [5.74, 6) is 1.22. The monoisotopic (exact) mass is 495 g/mol. The molecule has 0 aliphatic carbocycles. The van der Waals surface area contributed by atoms with E-state index in [2.05, 4.69) is 53.6 Å². The molecule has 0 radical (unpaired) electrons. The minimum absolute atomic E-state index is 0.0364. The number of rotatable bonds is 7. The summed E-state index contributed by atoms with van der Waals surface area (Å²) in [5, 5.41) is 19.0. The number of amides is 1. The number of ether oxygens (including phenoxy) is 1. The van der Waals surface area contributed by atoms with E-state index in [1.54, 1.807) is 17.1 Å². The molecule has 0 saturated carbocycles. The van der Waals surface area contributed by atoms with E-state index in [1.807, 2.05) is 44.5 Å². The van der Waals surface area contributed by atoms with Crippen molar-refractivity contribution in [3.8, 4) is 0 Å². The predicted octanol–water partition coefficient (Wildman–Crippen LogP) is 0.0502. The molecule has 0 spiro atoms. The molecule has 0 aromatic carbocycles. The number of fused-ring (bicyclic) bond motifs is 1. The maximum Gasteiger partial charge on any atom is 0.238 e. The maximum atomic E-state index is 12.6. The highest BCUT2D eigenvalue weighted by Gasteiger charge is 2.30. The van der Waals surface area contributed by atoms with Crippen LogP contribution >= 0.6 is 0 Å². The number of anilines is 3. The fourth-order valence-corrected chi connectivity index (χ4v) is 4.45. The van der Waals surface area contributed by atoms with Gasteiger partial charge in [-0.25, -0.2) is 10.4 Å². The van der Waals surface area contributed by atoms with Crippen molar-refractivity contribution >= 4 is 23.4 Å². The second-order valence-corrected chi connectivity index (χ2v) is 9.32. The van der Waals surface area contributed by atoms with E-state index in [1.165, 1.54) is 0 Å². The molecular weight excluding hydrogens is 462 g/mol. The van der Waals surface area contributed by atoms with E-state index in [0.717, 1.165) is 35.9 Å². The number of carbonyl (C=O) groups is 1. The zero-order valence-corrected chi connectivity index (χ0v) is 20.9. The number of nitrogens with zero attached hydrogens (tertiary/aromatic N) is 6. The predicted molar refractivity (Wildman–Crippen MR) is 135 cm³/mol. The van der Waals surface area contributed by atoms with Crippen LogP contribution in [-0.4, -0.2) is 76.0 Å². The normalized spacial score (nSPS) is 23.9. The lowest BCUT2D eigenvalue weighted by molar-refractivity contribution is -0.123. The van der Waals surface area contributed by atoms with Gasteiger partial charge in [0.25, 0.3) is 0 Å². The number of dihydropyridines is 1. The molecule has 0 bridgehead atoms. The molecule has 3 atom stereocenters. The van der Waals surface area contributed by atoms with Crippen molar-refractivity contribution < 1.29 is 9.53 Å². The van der Waals surface area contributed by atoms with Crippen LogP contribution in [-0.2, 0) is 16.6 Å². The van der Waals surface area contributed by atoms with Gasteiger partial charge in [-0.3, -0.25) is 19.4 Å². The molecule has 5 heterocycles. The standard InChI is InChI=1S/C23H33N11O2/c1-14-11-34(5-6-36-14)13-20(35)27-16-7-19(15(2)24-8-16)29-21-18-10-25-23(30-22(18)33(4)31-21)28-17-9-26-32(3)12-17/h7-10,12,14-15,21,24,29,31H,5-6,11,13H2,1-4H3,(H,27,35)(H,25,28,30). The summed E-state index contributed by atoms with van der Waals surface area (Å²) in [5.41, 5.74) is 6.76. The number of aromatic nitrogens is 4. The van der Waals surface area contributed by atoms with Gasteiger partial charge in [0.05, 0.1) is 48.4 Å². The molecule has 3 unspecified atom stereocenters. The Morgan fingerprint density at radius 2 is 2.14 bits per heavy atom. The molecule has 3 aliphatic rings. The van der Waals surface area contributed by atoms with Crippen molar-refractivity contribution in [1.82, 2.24) is 46.0 Å². The molecule has 5 rings (SSSR count). The molecule has 1 amide bonds. The quantitative estimate of drug-likeness (QED) is 0.356. The third kappa shape index (κ3) is 5.42. The van der Waals surface area contributed by atoms with E-state index >= 15 is 0 Å². The molecule has 13 nitrogen and oxygen atoms in total. The lowest BCUT2D eigenvalue weighted by Gasteiger charge is -2.31. The average molecular weight is 496 g/mol. The van der Waals surface area contributed by atoms with Gasteiger partial charge in [-0.1, -0.05) is 0 Å². The van der Waals surface area contributed by atoms with Gasteiger partial charge in [-0.2, -0.15) is 10.1 Å². The van der Waals surface area contributed by atoms with E-state index < -0.39 is 0 Å². The molecule has 192 valence electrons. The topological polar surface area (TPSA) is 137 Å². The average Bonchev–Trinajstić information content (AvgIpc) is 3.38. The highest BCUT2D eigenvalue weighted by atomic mass is 16.5. The zero-order valence-electron chi connectivity index (χ0n) is 20.9. The summed E-state index contributed by atoms with van der Waals surface area (Å²) in [7, 11) is 3.77. The molecule has 2 aromatic heterocycles. The smallest absolute Gasteiger partial charge is 0.238 e. The number of allylic oxidation sites excluding steroid dienone is 1. The Hall–Kier alpha value is -3.68. The zero-order chi connectivity index (χ0) is 25.2. The molecule has 3 aliphatic heterocycles. The Labute approximate surface area is 209 Å². The van der Waals surface area contributed by atoms with Gasteiger partial charge >= 0.3 is 0 Å². The molecule has 5 N–H and O–H groups in total. The molecule has 13 heteroatoms. The molecule has 1 saturated heterocycles. The van der Waals surface area contributed by atoms with Crippen LogP contribution < -0.4 is 31.7 Å². The first kappa shape index (κ1) is 24.0. The van der Waals surface area contributed by atoms with Crippen LogP contribution in [0.1, 0.15) is 25.6 Å². The Morgan fingerprint density at radius 3 is 2.92 bits per heavy atom. The van der Waals surface area contributed by atoms with E-state index in [9.17, 15) is 4.79 Å². The van der Waals surface area contributed by atoms with Gasteiger partial charge in [0.1, 0.15) is 6.17 Å². The molecule has 1 fully saturated rings. The minimum Gasteiger partial charge on any atom is -0.381 e. The van der Waals surface area contributed by atoms with Crippen molar-refractivity contribution in [2.24, 2.45) is 7.05 Å². The van der Waals surface area contributed by atoms with Crippen LogP contribution in [0.15, 0.2) is 42.3 Å². The summed E-state index contributed by atoms with van der Waals surface area (Å²) in [6, 6.07) is 0.0364. The first-order valence-electron chi connectivity index (χ1n) is 12.0. The van der Waals surface area contributed by atoms with Crippen LogP contribution in [0.5, 0.6) is 0 Å². The minimum atomic E-state index is -0.224. The number of hydrogen-bond donors (Lipinski definition) is 5. The highest BCUT2D eigenvalue weighted by Crippen LogP contribution is 2.30. The third-order valence-corrected chi connectivity index (χ3v) is 6.26. The highest BCUT2D eigenvalue weighted by molar-refractivity contribution is 5.80. The van der Waals surface area contributed by atoms with E-state index in [0.29, 0.717) is 24.8 Å². The van der Waals surface area contributed by atoms with Crippen molar-refractivity contribution in [2.75, 3.05) is 43.6 Å². The van der Waals surface area contributed by atoms with Crippen LogP contribution in [0.25, 0.3) is 0 Å². The maximum absolute atomic E-state index is 12.6. The fourth-order valence-electron chi connectivity index (χ4n) is 4.45. The number of aryl methyl sites for hydroxylation is 1. The molecule has 2 aromatic rings. The van der Waals surface area contributed by atoms with Crippen molar-refractivity contribution in [2.45, 2.75) is 32.2 Å². The van der Waals surface area contributed by atoms with Crippen LogP contribution in [0.3, 0.4) is 0 Å². The van der Waals surface area contributed by atoms with Crippen molar-refractivity contribution in [3.05, 3.63) is 47.8 Å². The fraction of sp³-hybridized carbons (Fsp3) is 0.478. The number of morpholine rings is 1. The number of hydrazine groups is 1. The van der Waals surface area contributed by atoms with E-state index in [4.69, 9.17) is 4.74 Å². The Morgan fingerprint density at radius 1 is 1.28 bits per heavy atom. The SMILES string of the molecule is CC1CN(CC(=O)NC2=CNC(C)C(NC3NN(C)c4nc(Nc5cnn(C)c5)ncc43)=C2)CCO1. The summed E-state index contributed by atoms with van der Waals surface area (Å²) >= 11 is 0. The van der Waals surface area contributed by atoms with Crippen LogP contribution in [0.2, 0.25) is 0 Å². The third-order valence-electron chi connectivity index (χ3n) is 6.26. The first-order valence-corrected chi connectivity index (χ1v) is 12.0. The number of carbonyl (C=O) groups excluding carboxylic acids is 1. The van der Waals surface area contributed by atoms with Gasteiger partial charge < -0.3 is 26.0 Å². The van der Waals surface area contributed by atoms with Gasteiger partial charge in [-0.05, 0) is 19.9 Å². The number of nitrogens with one attached hydrogen (secondary N) is 5. The Balaban J connectivity index is 1.23. The van der Waals surface area contributed by atoms with Gasteiger partial charge in [-0.15, -0.1) is 0 Å². The van der Waals surface area contributed by atoms with E-state index in [-0.39, 0.29) is 24.2 Å². The summed E-state index contributed by atoms with van der Waals surface area (Å²) in [6.45, 7) is 6.59. The molecular formula is C23H33N11O2.